The van der Waals surface area contributed by atoms with Gasteiger partial charge in [0.15, 0.2) is 11.5 Å². The van der Waals surface area contributed by atoms with Gasteiger partial charge in [0.1, 0.15) is 11.6 Å². The molecule has 0 saturated heterocycles. The van der Waals surface area contributed by atoms with E-state index in [9.17, 15) is 14.7 Å². The summed E-state index contributed by atoms with van der Waals surface area (Å²) in [5, 5.41) is 12.1. The van der Waals surface area contributed by atoms with Crippen molar-refractivity contribution in [3.05, 3.63) is 106 Å². The van der Waals surface area contributed by atoms with Crippen LogP contribution < -0.4 is 4.90 Å². The molecule has 176 valence electrons. The molecule has 1 aliphatic rings. The van der Waals surface area contributed by atoms with E-state index in [1.165, 1.54) is 4.90 Å². The number of aliphatic hydroxyl groups is 1. The SMILES string of the molecule is CC(C)(C)c1ccc(N2C(=O)C(O)=C(C(=O)c3cc4cc(Cl)ccc4o3)C2c2ccccn2)cc1. The Balaban J connectivity index is 1.62. The van der Waals surface area contributed by atoms with Gasteiger partial charge in [0.2, 0.25) is 5.78 Å². The van der Waals surface area contributed by atoms with Crippen LogP contribution in [-0.2, 0) is 10.2 Å². The van der Waals surface area contributed by atoms with Gasteiger partial charge in [-0.1, -0.05) is 50.6 Å². The Bertz CT molecular complexity index is 1480. The van der Waals surface area contributed by atoms with Gasteiger partial charge in [-0.05, 0) is 59.5 Å². The zero-order chi connectivity index (χ0) is 24.9. The first-order valence-electron chi connectivity index (χ1n) is 11.2. The molecule has 1 aliphatic heterocycles. The molecule has 0 spiro atoms. The van der Waals surface area contributed by atoms with Crippen molar-refractivity contribution in [2.24, 2.45) is 0 Å². The van der Waals surface area contributed by atoms with Crippen LogP contribution in [0.1, 0.15) is 48.6 Å². The number of rotatable bonds is 4. The molecule has 0 saturated carbocycles. The number of anilines is 1. The van der Waals surface area contributed by atoms with E-state index in [-0.39, 0.29) is 16.7 Å². The molecule has 1 atom stereocenters. The number of pyridine rings is 1. The van der Waals surface area contributed by atoms with Crippen LogP contribution >= 0.6 is 11.6 Å². The Labute approximate surface area is 207 Å². The Morgan fingerprint density at radius 1 is 1.06 bits per heavy atom. The number of carbonyl (C=O) groups is 2. The van der Waals surface area contributed by atoms with Gasteiger partial charge in [-0.3, -0.25) is 19.5 Å². The minimum absolute atomic E-state index is 0.00229. The van der Waals surface area contributed by atoms with Crippen molar-refractivity contribution in [3.63, 3.8) is 0 Å². The smallest absolute Gasteiger partial charge is 0.294 e. The second kappa shape index (κ2) is 8.40. The summed E-state index contributed by atoms with van der Waals surface area (Å²) in [6.07, 6.45) is 1.58. The van der Waals surface area contributed by atoms with E-state index in [0.29, 0.717) is 27.4 Å². The molecule has 0 aliphatic carbocycles. The predicted octanol–water partition coefficient (Wildman–Crippen LogP) is 6.56. The zero-order valence-corrected chi connectivity index (χ0v) is 20.2. The van der Waals surface area contributed by atoms with Crippen LogP contribution in [0.25, 0.3) is 11.0 Å². The molecule has 1 N–H and O–H groups in total. The summed E-state index contributed by atoms with van der Waals surface area (Å²) < 4.78 is 5.76. The third-order valence-corrected chi connectivity index (χ3v) is 6.37. The zero-order valence-electron chi connectivity index (χ0n) is 19.4. The summed E-state index contributed by atoms with van der Waals surface area (Å²) in [6, 6.07) is 18.4. The van der Waals surface area contributed by atoms with Gasteiger partial charge in [0, 0.05) is 22.3 Å². The number of carbonyl (C=O) groups excluding carboxylic acids is 2. The summed E-state index contributed by atoms with van der Waals surface area (Å²) in [6.45, 7) is 6.30. The van der Waals surface area contributed by atoms with Crippen molar-refractivity contribution in [3.8, 4) is 0 Å². The highest BCUT2D eigenvalue weighted by molar-refractivity contribution is 6.31. The van der Waals surface area contributed by atoms with Crippen LogP contribution in [-0.4, -0.2) is 21.8 Å². The van der Waals surface area contributed by atoms with E-state index in [4.69, 9.17) is 16.0 Å². The fourth-order valence-corrected chi connectivity index (χ4v) is 4.48. The van der Waals surface area contributed by atoms with E-state index >= 15 is 0 Å². The second-order valence-electron chi connectivity index (χ2n) is 9.51. The van der Waals surface area contributed by atoms with E-state index < -0.39 is 23.5 Å². The lowest BCUT2D eigenvalue weighted by atomic mass is 9.87. The van der Waals surface area contributed by atoms with Gasteiger partial charge in [0.05, 0.1) is 11.3 Å². The number of hydrogen-bond donors (Lipinski definition) is 1. The molecule has 6 nitrogen and oxygen atoms in total. The number of Topliss-reactive ketones (excluding diaryl/α,β-unsaturated/α-hetero) is 1. The van der Waals surface area contributed by atoms with Gasteiger partial charge >= 0.3 is 0 Å². The van der Waals surface area contributed by atoms with Crippen molar-refractivity contribution in [1.82, 2.24) is 4.98 Å². The van der Waals surface area contributed by atoms with Crippen LogP contribution in [0.2, 0.25) is 5.02 Å². The average Bonchev–Trinajstić information content (AvgIpc) is 3.37. The number of fused-ring (bicyclic) bond motifs is 1. The van der Waals surface area contributed by atoms with Crippen LogP contribution in [0, 0.1) is 0 Å². The predicted molar refractivity (Wildman–Crippen MR) is 135 cm³/mol. The molecule has 2 aromatic heterocycles. The average molecular weight is 487 g/mol. The fourth-order valence-electron chi connectivity index (χ4n) is 4.30. The summed E-state index contributed by atoms with van der Waals surface area (Å²) in [5.41, 5.74) is 2.41. The normalized spacial score (nSPS) is 16.4. The topological polar surface area (TPSA) is 83.6 Å². The molecular formula is C28H23ClN2O4. The molecule has 7 heteroatoms. The van der Waals surface area contributed by atoms with Crippen molar-refractivity contribution in [2.45, 2.75) is 32.2 Å². The molecule has 0 radical (unpaired) electrons. The number of ketones is 1. The van der Waals surface area contributed by atoms with Crippen molar-refractivity contribution in [2.75, 3.05) is 4.90 Å². The van der Waals surface area contributed by atoms with Crippen LogP contribution in [0.3, 0.4) is 0 Å². The fraction of sp³-hybridized carbons (Fsp3) is 0.179. The lowest BCUT2D eigenvalue weighted by Gasteiger charge is -2.27. The quantitative estimate of drug-likeness (QED) is 0.330. The maximum absolute atomic E-state index is 13.7. The number of halogens is 1. The van der Waals surface area contributed by atoms with Crippen molar-refractivity contribution >= 4 is 39.9 Å². The summed E-state index contributed by atoms with van der Waals surface area (Å²) in [5.74, 6) is -1.88. The molecule has 0 bridgehead atoms. The Morgan fingerprint density at radius 2 is 1.80 bits per heavy atom. The van der Waals surface area contributed by atoms with E-state index in [0.717, 1.165) is 5.56 Å². The van der Waals surface area contributed by atoms with Crippen LogP contribution in [0.15, 0.2) is 88.7 Å². The van der Waals surface area contributed by atoms with Gasteiger partial charge in [-0.2, -0.15) is 0 Å². The van der Waals surface area contributed by atoms with E-state index in [1.807, 2.05) is 24.3 Å². The highest BCUT2D eigenvalue weighted by Gasteiger charge is 2.46. The van der Waals surface area contributed by atoms with E-state index in [2.05, 4.69) is 25.8 Å². The second-order valence-corrected chi connectivity index (χ2v) is 9.95. The van der Waals surface area contributed by atoms with Crippen LogP contribution in [0.5, 0.6) is 0 Å². The Kier molecular flexibility index (Phi) is 5.49. The summed E-state index contributed by atoms with van der Waals surface area (Å²) >= 11 is 6.07. The Hall–Kier alpha value is -3.90. The number of benzene rings is 2. The molecule has 35 heavy (non-hydrogen) atoms. The number of amides is 1. The van der Waals surface area contributed by atoms with Crippen LogP contribution in [0.4, 0.5) is 5.69 Å². The first kappa shape index (κ1) is 22.9. The van der Waals surface area contributed by atoms with Gasteiger partial charge < -0.3 is 9.52 Å². The molecular weight excluding hydrogens is 464 g/mol. The number of aliphatic hydroxyl groups excluding tert-OH is 1. The van der Waals surface area contributed by atoms with Crippen molar-refractivity contribution < 1.29 is 19.1 Å². The van der Waals surface area contributed by atoms with Crippen molar-refractivity contribution in [1.29, 1.82) is 0 Å². The molecule has 3 heterocycles. The van der Waals surface area contributed by atoms with E-state index in [1.54, 1.807) is 48.7 Å². The first-order valence-corrected chi connectivity index (χ1v) is 11.5. The minimum Gasteiger partial charge on any atom is -0.503 e. The minimum atomic E-state index is -0.923. The third-order valence-electron chi connectivity index (χ3n) is 6.13. The lowest BCUT2D eigenvalue weighted by Crippen LogP contribution is -2.31. The van der Waals surface area contributed by atoms with Gasteiger partial charge in [-0.15, -0.1) is 0 Å². The first-order chi connectivity index (χ1) is 16.6. The number of aromatic nitrogens is 1. The molecule has 1 unspecified atom stereocenters. The summed E-state index contributed by atoms with van der Waals surface area (Å²) in [7, 11) is 0. The summed E-state index contributed by atoms with van der Waals surface area (Å²) in [4.78, 5) is 32.8. The molecule has 2 aromatic carbocycles. The maximum Gasteiger partial charge on any atom is 0.294 e. The third kappa shape index (κ3) is 4.00. The molecule has 0 fully saturated rings. The number of furan rings is 1. The number of nitrogens with zero attached hydrogens (tertiary/aromatic N) is 2. The lowest BCUT2D eigenvalue weighted by molar-refractivity contribution is -0.117. The largest absolute Gasteiger partial charge is 0.503 e. The monoisotopic (exact) mass is 486 g/mol. The van der Waals surface area contributed by atoms with Gasteiger partial charge in [-0.25, -0.2) is 0 Å². The molecule has 1 amide bonds. The Morgan fingerprint density at radius 3 is 2.46 bits per heavy atom. The standard InChI is InChI=1S/C28H23ClN2O4/c1-28(2,3)17-7-10-19(11-8-17)31-24(20-6-4-5-13-30-20)23(26(33)27(31)34)25(32)22-15-16-14-18(29)9-12-21(16)35-22/h4-15,24,33H,1-3H3. The number of hydrogen-bond acceptors (Lipinski definition) is 5. The maximum atomic E-state index is 13.7. The molecule has 4 aromatic rings. The highest BCUT2D eigenvalue weighted by Crippen LogP contribution is 2.42. The highest BCUT2D eigenvalue weighted by atomic mass is 35.5. The van der Waals surface area contributed by atoms with Gasteiger partial charge in [0.25, 0.3) is 5.91 Å². The molecule has 5 rings (SSSR count).